The van der Waals surface area contributed by atoms with Crippen LogP contribution in [0, 0.1) is 22.2 Å². The average molecular weight is 409 g/mol. The zero-order valence-electron chi connectivity index (χ0n) is 18.4. The fourth-order valence-electron chi connectivity index (χ4n) is 7.26. The van der Waals surface area contributed by atoms with E-state index in [0.29, 0.717) is 31.7 Å². The van der Waals surface area contributed by atoms with Gasteiger partial charge in [-0.15, -0.1) is 0 Å². The van der Waals surface area contributed by atoms with E-state index in [1.165, 1.54) is 5.57 Å². The summed E-state index contributed by atoms with van der Waals surface area (Å²) in [6.07, 6.45) is 11.1. The van der Waals surface area contributed by atoms with Gasteiger partial charge in [0, 0.05) is 24.7 Å². The topological polar surface area (TPSA) is 60.4 Å². The smallest absolute Gasteiger partial charge is 0.317 e. The second-order valence-corrected chi connectivity index (χ2v) is 10.5. The molecule has 160 valence electrons. The highest BCUT2D eigenvalue weighted by molar-refractivity contribution is 5.96. The fourth-order valence-corrected chi connectivity index (χ4v) is 7.26. The van der Waals surface area contributed by atoms with Gasteiger partial charge in [-0.2, -0.15) is 0 Å². The Morgan fingerprint density at radius 3 is 2.70 bits per heavy atom. The van der Waals surface area contributed by atoms with Crippen LogP contribution in [0.3, 0.4) is 0 Å². The van der Waals surface area contributed by atoms with Crippen molar-refractivity contribution in [1.82, 2.24) is 0 Å². The molecular weight excluding hydrogens is 376 g/mol. The van der Waals surface area contributed by atoms with E-state index in [9.17, 15) is 14.4 Å². The number of ether oxygens (including phenoxy) is 1. The molecule has 0 N–H and O–H groups in total. The molecule has 0 aromatic rings. The van der Waals surface area contributed by atoms with Crippen LogP contribution in [-0.4, -0.2) is 24.1 Å². The maximum atomic E-state index is 13.3. The van der Waals surface area contributed by atoms with Gasteiger partial charge in [-0.25, -0.2) is 0 Å². The molecule has 0 amide bonds. The number of carbonyl (C=O) groups excluding carboxylic acids is 3. The number of ketones is 2. The molecule has 0 bridgehead atoms. The Labute approximate surface area is 178 Å². The maximum Gasteiger partial charge on any atom is 0.317 e. The number of esters is 1. The molecule has 0 aliphatic heterocycles. The van der Waals surface area contributed by atoms with Crippen molar-refractivity contribution in [2.45, 2.75) is 78.6 Å². The third-order valence-corrected chi connectivity index (χ3v) is 9.04. The number of hydrogen-bond acceptors (Lipinski definition) is 4. The summed E-state index contributed by atoms with van der Waals surface area (Å²) >= 11 is 0. The molecule has 0 heterocycles. The van der Waals surface area contributed by atoms with Gasteiger partial charge in [-0.05, 0) is 55.1 Å². The van der Waals surface area contributed by atoms with Crippen molar-refractivity contribution < 1.29 is 19.1 Å². The van der Waals surface area contributed by atoms with E-state index in [0.717, 1.165) is 55.2 Å². The highest BCUT2D eigenvalue weighted by atomic mass is 16.5. The van der Waals surface area contributed by atoms with Crippen molar-refractivity contribution in [2.24, 2.45) is 22.2 Å². The minimum Gasteiger partial charge on any atom is -0.465 e. The first-order valence-corrected chi connectivity index (χ1v) is 11.6. The Bertz CT molecular complexity index is 950. The molecule has 4 heteroatoms. The van der Waals surface area contributed by atoms with E-state index in [2.05, 4.69) is 19.9 Å². The van der Waals surface area contributed by atoms with Crippen LogP contribution in [0.2, 0.25) is 0 Å². The lowest BCUT2D eigenvalue weighted by Gasteiger charge is -2.51. The predicted molar refractivity (Wildman–Crippen MR) is 114 cm³/mol. The van der Waals surface area contributed by atoms with Crippen LogP contribution >= 0.6 is 0 Å². The molecule has 4 atom stereocenters. The third kappa shape index (κ3) is 2.37. The largest absolute Gasteiger partial charge is 0.465 e. The molecule has 2 saturated carbocycles. The van der Waals surface area contributed by atoms with Gasteiger partial charge in [-0.3, -0.25) is 14.4 Å². The molecule has 0 radical (unpaired) electrons. The van der Waals surface area contributed by atoms with Gasteiger partial charge in [0.05, 0.1) is 12.0 Å². The molecule has 1 unspecified atom stereocenters. The maximum absolute atomic E-state index is 13.3. The van der Waals surface area contributed by atoms with Crippen LogP contribution in [0.1, 0.15) is 78.6 Å². The standard InChI is InChI=1S/C26H32O4/c1-4-13-30-23(29)18-15-16-14-17(27)5-11-25(16,3)19-7-12-26-20(22(18)19)6-9-24(26,2)10-8-21(26)28/h6,15,18H,4-5,7-14H2,1-3H3/t18-,24+,25?,26-/m1/s1. The summed E-state index contributed by atoms with van der Waals surface area (Å²) < 4.78 is 5.61. The predicted octanol–water partition coefficient (Wildman–Crippen LogP) is 5.03. The molecule has 4 nitrogen and oxygen atoms in total. The second-order valence-electron chi connectivity index (χ2n) is 10.5. The highest BCUT2D eigenvalue weighted by Crippen LogP contribution is 2.70. The number of fused-ring (bicyclic) bond motifs is 3. The van der Waals surface area contributed by atoms with Crippen molar-refractivity contribution in [1.29, 1.82) is 0 Å². The van der Waals surface area contributed by atoms with E-state index in [1.54, 1.807) is 0 Å². The first-order chi connectivity index (χ1) is 14.3. The van der Waals surface area contributed by atoms with Gasteiger partial charge in [0.25, 0.3) is 0 Å². The fraction of sp³-hybridized carbons (Fsp3) is 0.654. The zero-order valence-corrected chi connectivity index (χ0v) is 18.4. The van der Waals surface area contributed by atoms with Gasteiger partial charge < -0.3 is 4.74 Å². The Morgan fingerprint density at radius 2 is 1.93 bits per heavy atom. The summed E-state index contributed by atoms with van der Waals surface area (Å²) in [6, 6.07) is 0. The lowest BCUT2D eigenvalue weighted by Crippen LogP contribution is -2.46. The third-order valence-electron chi connectivity index (χ3n) is 9.04. The summed E-state index contributed by atoms with van der Waals surface area (Å²) in [7, 11) is 0. The van der Waals surface area contributed by atoms with E-state index < -0.39 is 11.3 Å². The summed E-state index contributed by atoms with van der Waals surface area (Å²) in [5.74, 6) is -0.0947. The van der Waals surface area contributed by atoms with Crippen molar-refractivity contribution in [3.63, 3.8) is 0 Å². The Hall–Kier alpha value is -1.97. The normalized spacial score (nSPS) is 39.6. The van der Waals surface area contributed by atoms with Crippen molar-refractivity contribution in [3.8, 4) is 0 Å². The quantitative estimate of drug-likeness (QED) is 0.485. The van der Waals surface area contributed by atoms with Crippen molar-refractivity contribution >= 4 is 17.5 Å². The van der Waals surface area contributed by atoms with Gasteiger partial charge >= 0.3 is 5.97 Å². The van der Waals surface area contributed by atoms with Crippen LogP contribution in [0.15, 0.2) is 34.4 Å². The van der Waals surface area contributed by atoms with Gasteiger partial charge in [-0.1, -0.05) is 44.1 Å². The first-order valence-electron chi connectivity index (χ1n) is 11.6. The molecule has 5 aliphatic rings. The molecule has 0 aromatic heterocycles. The average Bonchev–Trinajstić information content (AvgIpc) is 3.16. The SMILES string of the molecule is CCCOC(=O)[C@@H]1C=C2CC(=O)CCC2(C)C2=C1C1=CC[C@@]3(C)CCC(=O)[C@@]13CC2. The number of allylic oxidation sites excluding steroid dienone is 4. The van der Waals surface area contributed by atoms with Gasteiger partial charge in [0.1, 0.15) is 17.5 Å². The summed E-state index contributed by atoms with van der Waals surface area (Å²) in [4.78, 5) is 38.8. The van der Waals surface area contributed by atoms with Crippen LogP contribution in [0.4, 0.5) is 0 Å². The molecule has 2 fully saturated rings. The molecule has 0 saturated heterocycles. The summed E-state index contributed by atoms with van der Waals surface area (Å²) in [6.45, 7) is 6.91. The van der Waals surface area contributed by atoms with Crippen LogP contribution in [0.5, 0.6) is 0 Å². The van der Waals surface area contributed by atoms with E-state index in [-0.39, 0.29) is 22.6 Å². The molecular formula is C26H32O4. The van der Waals surface area contributed by atoms with Gasteiger partial charge in [0.2, 0.25) is 0 Å². The summed E-state index contributed by atoms with van der Waals surface area (Å²) in [5, 5.41) is 0. The van der Waals surface area contributed by atoms with E-state index in [4.69, 9.17) is 4.74 Å². The molecule has 30 heavy (non-hydrogen) atoms. The van der Waals surface area contributed by atoms with Crippen LogP contribution < -0.4 is 0 Å². The number of Topliss-reactive ketones (excluding diaryl/α,β-unsaturated/α-hetero) is 2. The minimum atomic E-state index is -0.486. The number of rotatable bonds is 3. The first kappa shape index (κ1) is 20.0. The van der Waals surface area contributed by atoms with Crippen LogP contribution in [0.25, 0.3) is 0 Å². The molecule has 1 spiro atoms. The monoisotopic (exact) mass is 408 g/mol. The number of hydrogen-bond donors (Lipinski definition) is 0. The Kier molecular flexibility index (Phi) is 4.33. The molecule has 5 aliphatic carbocycles. The lowest BCUT2D eigenvalue weighted by molar-refractivity contribution is -0.146. The molecule has 0 aromatic carbocycles. The van der Waals surface area contributed by atoms with Crippen molar-refractivity contribution in [2.75, 3.05) is 6.61 Å². The Morgan fingerprint density at radius 1 is 1.13 bits per heavy atom. The van der Waals surface area contributed by atoms with E-state index >= 15 is 0 Å². The lowest BCUT2D eigenvalue weighted by atomic mass is 9.51. The van der Waals surface area contributed by atoms with Crippen LogP contribution in [-0.2, 0) is 19.1 Å². The summed E-state index contributed by atoms with van der Waals surface area (Å²) in [5.41, 5.74) is 3.96. The zero-order chi connectivity index (χ0) is 21.3. The second kappa shape index (κ2) is 6.51. The van der Waals surface area contributed by atoms with Crippen molar-refractivity contribution in [3.05, 3.63) is 34.4 Å². The Balaban J connectivity index is 1.67. The number of carbonyl (C=O) groups is 3. The van der Waals surface area contributed by atoms with Gasteiger partial charge in [0.15, 0.2) is 0 Å². The highest BCUT2D eigenvalue weighted by Gasteiger charge is 2.65. The molecule has 5 rings (SSSR count). The van der Waals surface area contributed by atoms with E-state index in [1.807, 2.05) is 13.0 Å². The minimum absolute atomic E-state index is 0.0246.